The maximum atomic E-state index is 13.4. The number of rotatable bonds is 13. The van der Waals surface area contributed by atoms with E-state index in [9.17, 15) is 44.7 Å². The van der Waals surface area contributed by atoms with E-state index in [1.807, 2.05) is 0 Å². The van der Waals surface area contributed by atoms with Crippen LogP contribution < -0.4 is 0 Å². The first-order valence-electron chi connectivity index (χ1n) is 7.05. The van der Waals surface area contributed by atoms with Crippen LogP contribution in [-0.4, -0.2) is 53.6 Å². The van der Waals surface area contributed by atoms with Gasteiger partial charge in [0.1, 0.15) is 0 Å². The molecule has 0 fully saturated rings. The number of carboxylic acid groups (broad SMARTS) is 1. The average Bonchev–Trinajstić information content (AvgIpc) is 2.57. The number of halogens is 8. The molecule has 0 spiro atoms. The molecule has 162 valence electrons. The number of esters is 1. The quantitative estimate of drug-likeness (QED) is 0.158. The Morgan fingerprint density at radius 3 is 1.71 bits per heavy atom. The van der Waals surface area contributed by atoms with Gasteiger partial charge in [-0.3, -0.25) is 0 Å². The highest BCUT2D eigenvalue weighted by Crippen LogP contribution is 2.53. The van der Waals surface area contributed by atoms with Crippen molar-refractivity contribution < 1.29 is 64.0 Å². The second-order valence-electron chi connectivity index (χ2n) is 4.92. The van der Waals surface area contributed by atoms with E-state index in [4.69, 9.17) is 14.6 Å². The third-order valence-corrected chi connectivity index (χ3v) is 3.02. The molecule has 0 aromatic carbocycles. The number of alkyl halides is 8. The summed E-state index contributed by atoms with van der Waals surface area (Å²) in [7, 11) is 0. The summed E-state index contributed by atoms with van der Waals surface area (Å²) in [6.07, 6.45) is 0.190. The minimum absolute atomic E-state index is 0.194. The summed E-state index contributed by atoms with van der Waals surface area (Å²) < 4.78 is 118. The molecule has 0 rings (SSSR count). The highest BCUT2D eigenvalue weighted by Gasteiger charge is 2.85. The SMILES string of the molecule is C=COC(CCCOC(=O)C(F)(F)C(F)(F)C(F)(F)C(F)(F)C(=O)O)OC=C. The van der Waals surface area contributed by atoms with Crippen LogP contribution in [0.5, 0.6) is 0 Å². The molecule has 0 bridgehead atoms. The molecule has 14 heteroatoms. The number of aliphatic carboxylic acids is 1. The third-order valence-electron chi connectivity index (χ3n) is 3.02. The van der Waals surface area contributed by atoms with Gasteiger partial charge in [0.05, 0.1) is 19.1 Å². The molecule has 0 heterocycles. The molecule has 0 aliphatic rings. The molecular formula is C14H14F8O6. The first-order chi connectivity index (χ1) is 12.6. The summed E-state index contributed by atoms with van der Waals surface area (Å²) in [6.45, 7) is 5.31. The van der Waals surface area contributed by atoms with E-state index in [1.54, 1.807) is 0 Å². The van der Waals surface area contributed by atoms with Gasteiger partial charge in [-0.2, -0.15) is 35.1 Å². The zero-order valence-electron chi connectivity index (χ0n) is 13.8. The second-order valence-corrected chi connectivity index (χ2v) is 4.92. The van der Waals surface area contributed by atoms with Crippen molar-refractivity contribution in [3.8, 4) is 0 Å². The van der Waals surface area contributed by atoms with Gasteiger partial charge < -0.3 is 19.3 Å². The lowest BCUT2D eigenvalue weighted by Crippen LogP contribution is -2.66. The lowest BCUT2D eigenvalue weighted by Gasteiger charge is -2.33. The van der Waals surface area contributed by atoms with Crippen molar-refractivity contribution in [2.45, 2.75) is 42.8 Å². The monoisotopic (exact) mass is 430 g/mol. The van der Waals surface area contributed by atoms with Gasteiger partial charge in [0, 0.05) is 6.42 Å². The molecule has 0 aromatic heterocycles. The Labute approximate surface area is 152 Å². The van der Waals surface area contributed by atoms with E-state index in [0.29, 0.717) is 0 Å². The number of carboxylic acids is 1. The Balaban J connectivity index is 5.16. The third kappa shape index (κ3) is 4.84. The van der Waals surface area contributed by atoms with Crippen LogP contribution >= 0.6 is 0 Å². The number of carbonyl (C=O) groups is 2. The minimum atomic E-state index is -7.12. The number of hydrogen-bond donors (Lipinski definition) is 1. The standard InChI is InChI=1S/C14H14F8O6/c1-3-26-8(27-4-2)6-5-7-28-10(25)12(17,18)14(21,22)13(19,20)11(15,16)9(23)24/h3-4,8H,1-2,5-7H2,(H,23,24). The molecule has 1 N–H and O–H groups in total. The lowest BCUT2D eigenvalue weighted by atomic mass is 9.98. The molecule has 28 heavy (non-hydrogen) atoms. The molecule has 6 nitrogen and oxygen atoms in total. The van der Waals surface area contributed by atoms with Crippen molar-refractivity contribution >= 4 is 11.9 Å². The number of hydrogen-bond acceptors (Lipinski definition) is 5. The predicted molar refractivity (Wildman–Crippen MR) is 74.0 cm³/mol. The fourth-order valence-electron chi connectivity index (χ4n) is 1.55. The molecule has 0 aliphatic carbocycles. The van der Waals surface area contributed by atoms with Crippen LogP contribution in [0.15, 0.2) is 25.7 Å². The van der Waals surface area contributed by atoms with Gasteiger partial charge in [-0.05, 0) is 6.42 Å². The van der Waals surface area contributed by atoms with Crippen LogP contribution in [-0.2, 0) is 23.8 Å². The van der Waals surface area contributed by atoms with E-state index in [2.05, 4.69) is 17.9 Å². The summed E-state index contributed by atoms with van der Waals surface area (Å²) in [5, 5.41) is 7.90. The number of ether oxygens (including phenoxy) is 3. The smallest absolute Gasteiger partial charge is 0.411 e. The summed E-state index contributed by atoms with van der Waals surface area (Å²) >= 11 is 0. The Hall–Kier alpha value is -2.54. The van der Waals surface area contributed by atoms with E-state index in [-0.39, 0.29) is 12.8 Å². The topological polar surface area (TPSA) is 82.1 Å². The van der Waals surface area contributed by atoms with Gasteiger partial charge in [0.2, 0.25) is 6.29 Å². The first kappa shape index (κ1) is 25.5. The molecule has 0 amide bonds. The molecular weight excluding hydrogens is 416 g/mol. The summed E-state index contributed by atoms with van der Waals surface area (Å²) in [4.78, 5) is 21.1. The lowest BCUT2D eigenvalue weighted by molar-refractivity contribution is -0.354. The highest BCUT2D eigenvalue weighted by atomic mass is 19.4. The molecule has 0 saturated heterocycles. The van der Waals surface area contributed by atoms with Crippen LogP contribution in [0.4, 0.5) is 35.1 Å². The van der Waals surface area contributed by atoms with Crippen molar-refractivity contribution in [1.82, 2.24) is 0 Å². The highest BCUT2D eigenvalue weighted by molar-refractivity contribution is 5.81. The van der Waals surface area contributed by atoms with Crippen LogP contribution in [0.3, 0.4) is 0 Å². The molecule has 0 radical (unpaired) electrons. The van der Waals surface area contributed by atoms with Gasteiger partial charge >= 0.3 is 35.6 Å². The van der Waals surface area contributed by atoms with E-state index < -0.39 is 48.5 Å². The fourth-order valence-corrected chi connectivity index (χ4v) is 1.55. The van der Waals surface area contributed by atoms with Crippen molar-refractivity contribution in [2.75, 3.05) is 6.61 Å². The summed E-state index contributed by atoms with van der Waals surface area (Å²) in [6, 6.07) is 0. The van der Waals surface area contributed by atoms with Gasteiger partial charge in [-0.1, -0.05) is 13.2 Å². The summed E-state index contributed by atoms with van der Waals surface area (Å²) in [5.74, 6) is -34.3. The van der Waals surface area contributed by atoms with Crippen LogP contribution in [0.2, 0.25) is 0 Å². The van der Waals surface area contributed by atoms with Crippen molar-refractivity contribution in [2.24, 2.45) is 0 Å². The molecule has 0 unspecified atom stereocenters. The Morgan fingerprint density at radius 2 is 1.32 bits per heavy atom. The molecule has 0 atom stereocenters. The largest absolute Gasteiger partial charge is 0.477 e. The van der Waals surface area contributed by atoms with Crippen LogP contribution in [0.1, 0.15) is 12.8 Å². The van der Waals surface area contributed by atoms with Crippen LogP contribution in [0, 0.1) is 0 Å². The Kier molecular flexibility index (Phi) is 8.28. The zero-order chi connectivity index (χ0) is 22.4. The molecule has 0 aliphatic heterocycles. The average molecular weight is 430 g/mol. The fraction of sp³-hybridized carbons (Fsp3) is 0.571. The molecule has 0 saturated carbocycles. The van der Waals surface area contributed by atoms with Gasteiger partial charge in [0.25, 0.3) is 0 Å². The normalized spacial score (nSPS) is 13.0. The van der Waals surface area contributed by atoms with Gasteiger partial charge in [-0.25, -0.2) is 9.59 Å². The maximum absolute atomic E-state index is 13.4. The Bertz CT molecular complexity index is 582. The zero-order valence-corrected chi connectivity index (χ0v) is 13.8. The molecule has 0 aromatic rings. The van der Waals surface area contributed by atoms with Crippen LogP contribution in [0.25, 0.3) is 0 Å². The maximum Gasteiger partial charge on any atom is 0.411 e. The van der Waals surface area contributed by atoms with Gasteiger partial charge in [-0.15, -0.1) is 0 Å². The van der Waals surface area contributed by atoms with E-state index in [0.717, 1.165) is 12.5 Å². The van der Waals surface area contributed by atoms with Crippen molar-refractivity contribution in [1.29, 1.82) is 0 Å². The van der Waals surface area contributed by atoms with E-state index in [1.165, 1.54) is 0 Å². The summed E-state index contributed by atoms with van der Waals surface area (Å²) in [5.41, 5.74) is 0. The van der Waals surface area contributed by atoms with E-state index >= 15 is 0 Å². The van der Waals surface area contributed by atoms with Crippen molar-refractivity contribution in [3.63, 3.8) is 0 Å². The van der Waals surface area contributed by atoms with Crippen molar-refractivity contribution in [3.05, 3.63) is 25.7 Å². The second kappa shape index (κ2) is 9.10. The van der Waals surface area contributed by atoms with Gasteiger partial charge in [0.15, 0.2) is 0 Å². The minimum Gasteiger partial charge on any atom is -0.477 e. The number of carbonyl (C=O) groups excluding carboxylic acids is 1. The predicted octanol–water partition coefficient (Wildman–Crippen LogP) is 3.58. The Morgan fingerprint density at radius 1 is 0.893 bits per heavy atom. The first-order valence-corrected chi connectivity index (χ1v) is 7.05.